The van der Waals surface area contributed by atoms with Gasteiger partial charge in [0.2, 0.25) is 0 Å². The second kappa shape index (κ2) is 5.48. The largest absolute Gasteiger partial charge is 0.481 e. The number of nitrogens with zero attached hydrogens (tertiary/aromatic N) is 1. The second-order valence-corrected chi connectivity index (χ2v) is 4.08. The number of carbonyl (C=O) groups is 1. The smallest absolute Gasteiger partial charge is 0.303 e. The van der Waals surface area contributed by atoms with Crippen LogP contribution in [0.2, 0.25) is 0 Å². The van der Waals surface area contributed by atoms with E-state index in [2.05, 4.69) is 4.99 Å². The average molecular weight is 233 g/mol. The first-order chi connectivity index (χ1) is 8.24. The van der Waals surface area contributed by atoms with Gasteiger partial charge in [-0.2, -0.15) is 0 Å². The van der Waals surface area contributed by atoms with Crippen LogP contribution >= 0.6 is 0 Å². The van der Waals surface area contributed by atoms with Crippen molar-refractivity contribution in [3.8, 4) is 0 Å². The van der Waals surface area contributed by atoms with Gasteiger partial charge in [-0.3, -0.25) is 4.79 Å². The first-order valence-electron chi connectivity index (χ1n) is 5.69. The van der Waals surface area contributed by atoms with Gasteiger partial charge in [-0.05, 0) is 12.0 Å². The van der Waals surface area contributed by atoms with Crippen LogP contribution in [-0.2, 0) is 16.0 Å². The van der Waals surface area contributed by atoms with Crippen molar-refractivity contribution in [2.45, 2.75) is 25.3 Å². The number of hydrogen-bond donors (Lipinski definition) is 1. The zero-order chi connectivity index (χ0) is 12.1. The van der Waals surface area contributed by atoms with Gasteiger partial charge >= 0.3 is 5.97 Å². The van der Waals surface area contributed by atoms with Crippen molar-refractivity contribution in [1.29, 1.82) is 0 Å². The van der Waals surface area contributed by atoms with Crippen LogP contribution in [0.5, 0.6) is 0 Å². The van der Waals surface area contributed by atoms with Crippen LogP contribution in [-0.4, -0.2) is 29.6 Å². The van der Waals surface area contributed by atoms with E-state index in [9.17, 15) is 4.79 Å². The van der Waals surface area contributed by atoms with E-state index in [-0.39, 0.29) is 12.5 Å². The van der Waals surface area contributed by atoms with Gasteiger partial charge in [0, 0.05) is 12.8 Å². The van der Waals surface area contributed by atoms with Crippen molar-refractivity contribution in [2.75, 3.05) is 6.61 Å². The molecular formula is C13H15NO3. The van der Waals surface area contributed by atoms with Crippen molar-refractivity contribution < 1.29 is 14.6 Å². The van der Waals surface area contributed by atoms with Crippen LogP contribution in [0.15, 0.2) is 35.3 Å². The summed E-state index contributed by atoms with van der Waals surface area (Å²) in [6.45, 7) is 0.509. The minimum Gasteiger partial charge on any atom is -0.481 e. The Kier molecular flexibility index (Phi) is 3.75. The Morgan fingerprint density at radius 2 is 2.18 bits per heavy atom. The molecule has 4 nitrogen and oxygen atoms in total. The van der Waals surface area contributed by atoms with Gasteiger partial charge in [0.05, 0.1) is 6.04 Å². The van der Waals surface area contributed by atoms with E-state index in [1.807, 2.05) is 30.3 Å². The van der Waals surface area contributed by atoms with E-state index in [4.69, 9.17) is 9.84 Å². The maximum Gasteiger partial charge on any atom is 0.303 e. The minimum atomic E-state index is -0.781. The molecular weight excluding hydrogens is 218 g/mol. The summed E-state index contributed by atoms with van der Waals surface area (Å²) in [6, 6.07) is 9.98. The zero-order valence-electron chi connectivity index (χ0n) is 9.50. The summed E-state index contributed by atoms with van der Waals surface area (Å²) in [5.41, 5.74) is 1.16. The minimum absolute atomic E-state index is 0.00446. The maximum absolute atomic E-state index is 10.4. The molecule has 0 amide bonds. The Balaban J connectivity index is 1.87. The number of carboxylic acids is 1. The summed E-state index contributed by atoms with van der Waals surface area (Å²) in [5.74, 6) is -0.0664. The highest BCUT2D eigenvalue weighted by molar-refractivity contribution is 5.80. The fourth-order valence-electron chi connectivity index (χ4n) is 1.78. The van der Waals surface area contributed by atoms with Crippen molar-refractivity contribution in [3.05, 3.63) is 35.9 Å². The van der Waals surface area contributed by atoms with Gasteiger partial charge in [0.15, 0.2) is 5.90 Å². The molecule has 0 bridgehead atoms. The number of aliphatic carboxylic acids is 1. The number of rotatable bonds is 5. The summed E-state index contributed by atoms with van der Waals surface area (Å²) < 4.78 is 5.46. The molecule has 0 aliphatic carbocycles. The van der Waals surface area contributed by atoms with E-state index in [0.29, 0.717) is 25.3 Å². The quantitative estimate of drug-likeness (QED) is 0.844. The molecule has 0 fully saturated rings. The lowest BCUT2D eigenvalue weighted by molar-refractivity contribution is -0.137. The first-order valence-corrected chi connectivity index (χ1v) is 5.69. The third kappa shape index (κ3) is 3.59. The Morgan fingerprint density at radius 3 is 2.88 bits per heavy atom. The summed E-state index contributed by atoms with van der Waals surface area (Å²) in [7, 11) is 0. The van der Waals surface area contributed by atoms with E-state index in [0.717, 1.165) is 5.56 Å². The SMILES string of the molecule is O=C(O)CCC1COC(Cc2ccccc2)=N1. The Labute approximate surface area is 99.9 Å². The molecule has 0 radical (unpaired) electrons. The van der Waals surface area contributed by atoms with E-state index >= 15 is 0 Å². The summed E-state index contributed by atoms with van der Waals surface area (Å²) in [6.07, 6.45) is 1.38. The Hall–Kier alpha value is -1.84. The van der Waals surface area contributed by atoms with Crippen LogP contribution < -0.4 is 0 Å². The number of benzene rings is 1. The van der Waals surface area contributed by atoms with E-state index < -0.39 is 5.97 Å². The number of hydrogen-bond acceptors (Lipinski definition) is 3. The third-order valence-electron chi connectivity index (χ3n) is 2.66. The van der Waals surface area contributed by atoms with Gasteiger partial charge < -0.3 is 9.84 Å². The maximum atomic E-state index is 10.4. The lowest BCUT2D eigenvalue weighted by atomic mass is 10.1. The van der Waals surface area contributed by atoms with Crippen molar-refractivity contribution in [1.82, 2.24) is 0 Å². The van der Waals surface area contributed by atoms with Crippen LogP contribution in [0, 0.1) is 0 Å². The van der Waals surface area contributed by atoms with E-state index in [1.165, 1.54) is 0 Å². The highest BCUT2D eigenvalue weighted by atomic mass is 16.5. The third-order valence-corrected chi connectivity index (χ3v) is 2.66. The van der Waals surface area contributed by atoms with Gasteiger partial charge in [-0.15, -0.1) is 0 Å². The fraction of sp³-hybridized carbons (Fsp3) is 0.385. The number of ether oxygens (including phenoxy) is 1. The van der Waals surface area contributed by atoms with Crippen LogP contribution in [0.3, 0.4) is 0 Å². The molecule has 1 aromatic rings. The molecule has 4 heteroatoms. The standard InChI is InChI=1S/C13H15NO3/c15-13(16)7-6-11-9-17-12(14-11)8-10-4-2-1-3-5-10/h1-5,11H,6-9H2,(H,15,16). The molecule has 17 heavy (non-hydrogen) atoms. The molecule has 0 saturated heterocycles. The van der Waals surface area contributed by atoms with Gasteiger partial charge in [0.1, 0.15) is 6.61 Å². The Morgan fingerprint density at radius 1 is 1.41 bits per heavy atom. The number of aliphatic imine (C=N–C) groups is 1. The highest BCUT2D eigenvalue weighted by Crippen LogP contribution is 2.13. The molecule has 1 atom stereocenters. The molecule has 0 spiro atoms. The van der Waals surface area contributed by atoms with Crippen molar-refractivity contribution >= 4 is 11.9 Å². The monoisotopic (exact) mass is 233 g/mol. The van der Waals surface area contributed by atoms with E-state index in [1.54, 1.807) is 0 Å². The molecule has 1 N–H and O–H groups in total. The van der Waals surface area contributed by atoms with Gasteiger partial charge in [-0.25, -0.2) is 4.99 Å². The zero-order valence-corrected chi connectivity index (χ0v) is 9.50. The lowest BCUT2D eigenvalue weighted by Crippen LogP contribution is -2.09. The molecule has 0 aromatic heterocycles. The molecule has 1 aliphatic heterocycles. The van der Waals surface area contributed by atoms with Gasteiger partial charge in [0.25, 0.3) is 0 Å². The molecule has 0 saturated carbocycles. The summed E-state index contributed by atoms with van der Waals surface area (Å²) in [5, 5.41) is 8.59. The van der Waals surface area contributed by atoms with Crippen molar-refractivity contribution in [3.63, 3.8) is 0 Å². The highest BCUT2D eigenvalue weighted by Gasteiger charge is 2.19. The lowest BCUT2D eigenvalue weighted by Gasteiger charge is -2.01. The molecule has 1 aromatic carbocycles. The summed E-state index contributed by atoms with van der Waals surface area (Å²) >= 11 is 0. The van der Waals surface area contributed by atoms with Crippen molar-refractivity contribution in [2.24, 2.45) is 4.99 Å². The fourth-order valence-corrected chi connectivity index (χ4v) is 1.78. The average Bonchev–Trinajstić information content (AvgIpc) is 2.75. The number of carboxylic acid groups (broad SMARTS) is 1. The molecule has 1 aliphatic rings. The normalized spacial score (nSPS) is 18.6. The van der Waals surface area contributed by atoms with Crippen LogP contribution in [0.1, 0.15) is 18.4 Å². The molecule has 1 unspecified atom stereocenters. The molecule has 2 rings (SSSR count). The second-order valence-electron chi connectivity index (χ2n) is 4.08. The molecule has 90 valence electrons. The summed E-state index contributed by atoms with van der Waals surface area (Å²) in [4.78, 5) is 14.8. The topological polar surface area (TPSA) is 58.9 Å². The predicted molar refractivity (Wildman–Crippen MR) is 64.2 cm³/mol. The van der Waals surface area contributed by atoms with Crippen LogP contribution in [0.25, 0.3) is 0 Å². The van der Waals surface area contributed by atoms with Crippen LogP contribution in [0.4, 0.5) is 0 Å². The predicted octanol–water partition coefficient (Wildman–Crippen LogP) is 1.89. The first kappa shape index (κ1) is 11.6. The molecule has 1 heterocycles. The Bertz CT molecular complexity index is 414. The van der Waals surface area contributed by atoms with Gasteiger partial charge in [-0.1, -0.05) is 30.3 Å².